The first kappa shape index (κ1) is 15.3. The smallest absolute Gasteiger partial charge is 0.396 e. The van der Waals surface area contributed by atoms with Crippen molar-refractivity contribution < 1.29 is 44.6 Å². The van der Waals surface area contributed by atoms with E-state index in [4.69, 9.17) is 5.11 Å². The maximum absolute atomic E-state index is 12.8. The molecular weight excluding hydrogens is 259 g/mol. The fourth-order valence-corrected chi connectivity index (χ4v) is 0.855. The van der Waals surface area contributed by atoms with Crippen LogP contribution in [-0.2, 0) is 0 Å². The number of hydrogen-bond acceptors (Lipinski definition) is 1. The van der Waals surface area contributed by atoms with Gasteiger partial charge in [-0.15, -0.1) is 0 Å². The Bertz CT molecular complexity index is 241. The van der Waals surface area contributed by atoms with Crippen LogP contribution in [0.4, 0.5) is 39.5 Å². The monoisotopic (exact) mass is 264 g/mol. The predicted octanol–water partition coefficient (Wildman–Crippen LogP) is 2.84. The Morgan fingerprint density at radius 1 is 0.688 bits per heavy atom. The average molecular weight is 264 g/mol. The summed E-state index contributed by atoms with van der Waals surface area (Å²) in [7, 11) is 0. The normalized spacial score (nSPS) is 18.4. The molecule has 0 radical (unpaired) electrons. The lowest BCUT2D eigenvalue weighted by Crippen LogP contribution is -2.62. The second-order valence-electron chi connectivity index (χ2n) is 2.84. The standard InChI is InChI=1S/C6H5F9O/c7-3(1-2-16,5(10,11)12)4(8,9)6(13,14)15/h16H,1-2H2. The van der Waals surface area contributed by atoms with Gasteiger partial charge in [0.25, 0.3) is 5.67 Å². The van der Waals surface area contributed by atoms with Gasteiger partial charge in [0.15, 0.2) is 0 Å². The molecule has 0 aromatic rings. The van der Waals surface area contributed by atoms with Crippen molar-refractivity contribution in [3.05, 3.63) is 0 Å². The third-order valence-corrected chi connectivity index (χ3v) is 1.76. The quantitative estimate of drug-likeness (QED) is 0.777. The van der Waals surface area contributed by atoms with E-state index in [0.717, 1.165) is 0 Å². The van der Waals surface area contributed by atoms with Gasteiger partial charge < -0.3 is 5.11 Å². The van der Waals surface area contributed by atoms with Gasteiger partial charge in [-0.3, -0.25) is 0 Å². The molecule has 0 heterocycles. The molecular formula is C6H5F9O. The summed E-state index contributed by atoms with van der Waals surface area (Å²) in [5.41, 5.74) is -5.84. The largest absolute Gasteiger partial charge is 0.457 e. The minimum absolute atomic E-state index is 1.80. The molecule has 1 unspecified atom stereocenters. The average Bonchev–Trinajstić information content (AvgIpc) is 1.99. The van der Waals surface area contributed by atoms with Gasteiger partial charge in [0.1, 0.15) is 0 Å². The highest BCUT2D eigenvalue weighted by Crippen LogP contribution is 2.54. The topological polar surface area (TPSA) is 20.2 Å². The zero-order valence-corrected chi connectivity index (χ0v) is 7.26. The second-order valence-corrected chi connectivity index (χ2v) is 2.84. The number of alkyl halides is 9. The van der Waals surface area contributed by atoms with E-state index in [9.17, 15) is 39.5 Å². The number of aliphatic hydroxyl groups is 1. The highest BCUT2D eigenvalue weighted by molar-refractivity contribution is 5.03. The van der Waals surface area contributed by atoms with Gasteiger partial charge in [-0.25, -0.2) is 4.39 Å². The van der Waals surface area contributed by atoms with Crippen LogP contribution in [0.2, 0.25) is 0 Å². The lowest BCUT2D eigenvalue weighted by molar-refractivity contribution is -0.385. The van der Waals surface area contributed by atoms with Gasteiger partial charge in [0.2, 0.25) is 0 Å². The van der Waals surface area contributed by atoms with Crippen LogP contribution in [0, 0.1) is 0 Å². The van der Waals surface area contributed by atoms with E-state index < -0.39 is 37.0 Å². The molecule has 0 aliphatic carbocycles. The minimum Gasteiger partial charge on any atom is -0.396 e. The van der Waals surface area contributed by atoms with Crippen molar-refractivity contribution in [3.63, 3.8) is 0 Å². The first-order chi connectivity index (χ1) is 6.81. The van der Waals surface area contributed by atoms with Gasteiger partial charge in [-0.05, 0) is 0 Å². The number of rotatable bonds is 3. The zero-order chi connectivity index (χ0) is 13.4. The molecule has 1 N–H and O–H groups in total. The van der Waals surface area contributed by atoms with E-state index in [1.54, 1.807) is 0 Å². The summed E-state index contributed by atoms with van der Waals surface area (Å²) < 4.78 is 108. The molecule has 0 aliphatic heterocycles. The molecule has 0 amide bonds. The maximum Gasteiger partial charge on any atom is 0.457 e. The van der Waals surface area contributed by atoms with Gasteiger partial charge in [-0.1, -0.05) is 0 Å². The van der Waals surface area contributed by atoms with Crippen molar-refractivity contribution in [1.29, 1.82) is 0 Å². The fraction of sp³-hybridized carbons (Fsp3) is 1.00. The number of aliphatic hydroxyl groups excluding tert-OH is 1. The first-order valence-corrected chi connectivity index (χ1v) is 3.62. The lowest BCUT2D eigenvalue weighted by Gasteiger charge is -2.35. The molecule has 0 saturated carbocycles. The molecule has 0 fully saturated rings. The maximum atomic E-state index is 12.8. The number of halogens is 9. The fourth-order valence-electron chi connectivity index (χ4n) is 0.855. The summed E-state index contributed by atoms with van der Waals surface area (Å²) in [6.07, 6.45) is -15.6. The van der Waals surface area contributed by atoms with E-state index >= 15 is 0 Å². The third-order valence-electron chi connectivity index (χ3n) is 1.76. The van der Waals surface area contributed by atoms with Crippen LogP contribution in [0.25, 0.3) is 0 Å². The van der Waals surface area contributed by atoms with Crippen LogP contribution in [0.5, 0.6) is 0 Å². The van der Waals surface area contributed by atoms with Crippen LogP contribution in [-0.4, -0.2) is 35.7 Å². The zero-order valence-electron chi connectivity index (χ0n) is 7.26. The van der Waals surface area contributed by atoms with Crippen LogP contribution < -0.4 is 0 Å². The number of hydrogen-bond donors (Lipinski definition) is 1. The summed E-state index contributed by atoms with van der Waals surface area (Å²) in [5.74, 6) is -6.62. The summed E-state index contributed by atoms with van der Waals surface area (Å²) in [4.78, 5) is 0. The molecule has 1 nitrogen and oxygen atoms in total. The molecule has 0 spiro atoms. The molecule has 98 valence electrons. The van der Waals surface area contributed by atoms with Gasteiger partial charge in [0, 0.05) is 13.0 Å². The highest BCUT2D eigenvalue weighted by atomic mass is 19.4. The minimum atomic E-state index is -6.70. The third kappa shape index (κ3) is 2.20. The molecule has 0 aromatic heterocycles. The first-order valence-electron chi connectivity index (χ1n) is 3.62. The predicted molar refractivity (Wildman–Crippen MR) is 32.6 cm³/mol. The molecule has 16 heavy (non-hydrogen) atoms. The van der Waals surface area contributed by atoms with Crippen molar-refractivity contribution >= 4 is 0 Å². The molecule has 0 rings (SSSR count). The van der Waals surface area contributed by atoms with E-state index in [1.165, 1.54) is 0 Å². The van der Waals surface area contributed by atoms with Crippen molar-refractivity contribution in [2.24, 2.45) is 0 Å². The Hall–Kier alpha value is -0.670. The molecule has 0 aromatic carbocycles. The lowest BCUT2D eigenvalue weighted by atomic mass is 9.92. The van der Waals surface area contributed by atoms with E-state index in [-0.39, 0.29) is 0 Å². The second kappa shape index (κ2) is 3.97. The van der Waals surface area contributed by atoms with Crippen LogP contribution >= 0.6 is 0 Å². The van der Waals surface area contributed by atoms with E-state index in [0.29, 0.717) is 0 Å². The van der Waals surface area contributed by atoms with Gasteiger partial charge in [0.05, 0.1) is 0 Å². The summed E-state index contributed by atoms with van der Waals surface area (Å²) >= 11 is 0. The van der Waals surface area contributed by atoms with Crippen molar-refractivity contribution in [3.8, 4) is 0 Å². The summed E-state index contributed by atoms with van der Waals surface area (Å²) in [5, 5.41) is 7.95. The van der Waals surface area contributed by atoms with E-state index in [2.05, 4.69) is 0 Å². The van der Waals surface area contributed by atoms with Crippen LogP contribution in [0.1, 0.15) is 6.42 Å². The Balaban J connectivity index is 5.54. The van der Waals surface area contributed by atoms with Crippen molar-refractivity contribution in [2.75, 3.05) is 6.61 Å². The van der Waals surface area contributed by atoms with Crippen LogP contribution in [0.15, 0.2) is 0 Å². The van der Waals surface area contributed by atoms with Gasteiger partial charge >= 0.3 is 18.3 Å². The summed E-state index contributed by atoms with van der Waals surface area (Å²) in [6, 6.07) is 0. The Kier molecular flexibility index (Phi) is 3.80. The van der Waals surface area contributed by atoms with Gasteiger partial charge in [-0.2, -0.15) is 35.1 Å². The van der Waals surface area contributed by atoms with Crippen molar-refractivity contribution in [2.45, 2.75) is 30.4 Å². The molecule has 0 aliphatic rings. The highest BCUT2D eigenvalue weighted by Gasteiger charge is 2.80. The Morgan fingerprint density at radius 2 is 1.06 bits per heavy atom. The summed E-state index contributed by atoms with van der Waals surface area (Å²) in [6.45, 7) is -1.80. The van der Waals surface area contributed by atoms with E-state index in [1.807, 2.05) is 0 Å². The Labute approximate surface area is 82.8 Å². The Morgan fingerprint density at radius 3 is 1.25 bits per heavy atom. The molecule has 10 heteroatoms. The molecule has 0 bridgehead atoms. The molecule has 0 saturated heterocycles. The van der Waals surface area contributed by atoms with Crippen LogP contribution in [0.3, 0.4) is 0 Å². The molecule has 1 atom stereocenters. The van der Waals surface area contributed by atoms with Crippen molar-refractivity contribution in [1.82, 2.24) is 0 Å². The SMILES string of the molecule is OCCC(F)(C(F)(F)F)C(F)(F)C(F)(F)F.